The quantitative estimate of drug-likeness (QED) is 0.645. The van der Waals surface area contributed by atoms with Crippen LogP contribution in [0.15, 0.2) is 35.3 Å². The summed E-state index contributed by atoms with van der Waals surface area (Å²) in [6, 6.07) is 7.28. The van der Waals surface area contributed by atoms with Crippen molar-refractivity contribution in [2.45, 2.75) is 51.5 Å². The molecule has 2 heterocycles. The number of rotatable bonds is 6. The van der Waals surface area contributed by atoms with E-state index in [2.05, 4.69) is 11.4 Å². The molecule has 0 unspecified atom stereocenters. The third kappa shape index (κ3) is 4.35. The van der Waals surface area contributed by atoms with E-state index in [4.69, 9.17) is 0 Å². The summed E-state index contributed by atoms with van der Waals surface area (Å²) in [5.74, 6) is 0.0463. The molecule has 0 fully saturated rings. The fraction of sp³-hybridized carbons (Fsp3) is 0.474. The van der Waals surface area contributed by atoms with Gasteiger partial charge in [0.05, 0.1) is 4.88 Å². The van der Waals surface area contributed by atoms with Gasteiger partial charge >= 0.3 is 0 Å². The highest BCUT2D eigenvalue weighted by atomic mass is 32.1. The van der Waals surface area contributed by atoms with Gasteiger partial charge in [-0.3, -0.25) is 9.59 Å². The molecule has 24 heavy (non-hydrogen) atoms. The molecule has 0 atom stereocenters. The van der Waals surface area contributed by atoms with E-state index >= 15 is 0 Å². The van der Waals surface area contributed by atoms with Crippen molar-refractivity contribution in [3.63, 3.8) is 0 Å². The fourth-order valence-corrected chi connectivity index (χ4v) is 4.29. The van der Waals surface area contributed by atoms with E-state index in [-0.39, 0.29) is 11.5 Å². The Morgan fingerprint density at radius 3 is 2.92 bits per heavy atom. The molecule has 2 aromatic heterocycles. The molecule has 0 aliphatic heterocycles. The topological polar surface area (TPSA) is 51.1 Å². The van der Waals surface area contributed by atoms with Gasteiger partial charge in [0.15, 0.2) is 0 Å². The number of pyridine rings is 1. The zero-order valence-corrected chi connectivity index (χ0v) is 14.7. The predicted octanol–water partition coefficient (Wildman–Crippen LogP) is 3.39. The van der Waals surface area contributed by atoms with Crippen molar-refractivity contribution >= 4 is 17.2 Å². The Morgan fingerprint density at radius 2 is 2.04 bits per heavy atom. The predicted molar refractivity (Wildman–Crippen MR) is 97.8 cm³/mol. The van der Waals surface area contributed by atoms with Gasteiger partial charge in [-0.1, -0.05) is 12.5 Å². The van der Waals surface area contributed by atoms with Crippen LogP contribution in [0.1, 0.15) is 52.2 Å². The second kappa shape index (κ2) is 8.29. The smallest absolute Gasteiger partial charge is 0.261 e. The first-order valence-corrected chi connectivity index (χ1v) is 9.61. The van der Waals surface area contributed by atoms with E-state index in [1.807, 2.05) is 6.07 Å². The summed E-state index contributed by atoms with van der Waals surface area (Å²) in [6.45, 7) is 1.35. The molecular formula is C19H24N2O2S. The average molecular weight is 344 g/mol. The summed E-state index contributed by atoms with van der Waals surface area (Å²) in [5.41, 5.74) is 1.41. The molecule has 0 aromatic carbocycles. The second-order valence-corrected chi connectivity index (χ2v) is 7.45. The van der Waals surface area contributed by atoms with Crippen LogP contribution in [0.25, 0.3) is 0 Å². The number of hydrogen-bond acceptors (Lipinski definition) is 3. The molecule has 0 bridgehead atoms. The number of nitrogens with one attached hydrogen (secondary N) is 1. The minimum Gasteiger partial charge on any atom is -0.351 e. The van der Waals surface area contributed by atoms with Gasteiger partial charge in [-0.25, -0.2) is 0 Å². The largest absolute Gasteiger partial charge is 0.351 e. The maximum Gasteiger partial charge on any atom is 0.261 e. The highest BCUT2D eigenvalue weighted by Gasteiger charge is 2.15. The number of unbranched alkanes of at least 4 members (excludes halogenated alkanes) is 1. The Morgan fingerprint density at radius 1 is 1.17 bits per heavy atom. The van der Waals surface area contributed by atoms with Crippen LogP contribution in [0.2, 0.25) is 0 Å². The van der Waals surface area contributed by atoms with Crippen LogP contribution in [-0.2, 0) is 19.4 Å². The molecule has 4 nitrogen and oxygen atoms in total. The molecular weight excluding hydrogens is 320 g/mol. The minimum atomic E-state index is 0.0293. The van der Waals surface area contributed by atoms with Gasteiger partial charge in [-0.15, -0.1) is 11.3 Å². The zero-order chi connectivity index (χ0) is 16.8. The van der Waals surface area contributed by atoms with Gasteiger partial charge in [0.2, 0.25) is 5.56 Å². The standard InChI is InChI=1S/C19H24N2O2S/c22-18-10-4-6-12-21(18)13-7-5-11-20-19(23)17-14-15-8-2-1-3-9-16(15)24-17/h4,6,10,12,14H,1-3,5,7-9,11,13H2,(H,20,23). The van der Waals surface area contributed by atoms with Crippen molar-refractivity contribution in [3.8, 4) is 0 Å². The second-order valence-electron chi connectivity index (χ2n) is 6.32. The van der Waals surface area contributed by atoms with Crippen molar-refractivity contribution in [1.82, 2.24) is 9.88 Å². The number of fused-ring (bicyclic) bond motifs is 1. The van der Waals surface area contributed by atoms with Crippen LogP contribution in [-0.4, -0.2) is 17.0 Å². The number of hydrogen-bond donors (Lipinski definition) is 1. The zero-order valence-electron chi connectivity index (χ0n) is 13.9. The first-order valence-electron chi connectivity index (χ1n) is 8.79. The monoisotopic (exact) mass is 344 g/mol. The van der Waals surface area contributed by atoms with E-state index in [0.29, 0.717) is 13.1 Å². The van der Waals surface area contributed by atoms with Crippen LogP contribution in [0.3, 0.4) is 0 Å². The number of carbonyl (C=O) groups is 1. The number of carbonyl (C=O) groups excluding carboxylic acids is 1. The lowest BCUT2D eigenvalue weighted by Gasteiger charge is -2.06. The normalized spacial score (nSPS) is 14.0. The molecule has 1 N–H and O–H groups in total. The number of nitrogens with zero attached hydrogens (tertiary/aromatic N) is 1. The number of amides is 1. The molecule has 0 radical (unpaired) electrons. The Bertz CT molecular complexity index is 724. The highest BCUT2D eigenvalue weighted by Crippen LogP contribution is 2.28. The van der Waals surface area contributed by atoms with Crippen LogP contribution in [0, 0.1) is 0 Å². The molecule has 1 aliphatic carbocycles. The van der Waals surface area contributed by atoms with Crippen LogP contribution >= 0.6 is 11.3 Å². The van der Waals surface area contributed by atoms with Crippen molar-refractivity contribution < 1.29 is 4.79 Å². The summed E-state index contributed by atoms with van der Waals surface area (Å²) in [4.78, 5) is 26.1. The Hall–Kier alpha value is -1.88. The molecule has 0 spiro atoms. The maximum absolute atomic E-state index is 12.3. The first-order chi connectivity index (χ1) is 11.7. The Kier molecular flexibility index (Phi) is 5.86. The van der Waals surface area contributed by atoms with E-state index < -0.39 is 0 Å². The molecule has 5 heteroatoms. The highest BCUT2D eigenvalue weighted by molar-refractivity contribution is 7.14. The summed E-state index contributed by atoms with van der Waals surface area (Å²) in [7, 11) is 0. The van der Waals surface area contributed by atoms with Crippen molar-refractivity contribution in [1.29, 1.82) is 0 Å². The maximum atomic E-state index is 12.3. The molecule has 2 aromatic rings. The Labute approximate surface area is 146 Å². The van der Waals surface area contributed by atoms with Crippen molar-refractivity contribution in [3.05, 3.63) is 56.1 Å². The third-order valence-electron chi connectivity index (χ3n) is 4.48. The lowest BCUT2D eigenvalue weighted by atomic mass is 10.1. The number of aromatic nitrogens is 1. The molecule has 128 valence electrons. The summed E-state index contributed by atoms with van der Waals surface area (Å²) in [5, 5.41) is 3.01. The number of aryl methyl sites for hydroxylation is 3. The van der Waals surface area contributed by atoms with E-state index in [0.717, 1.165) is 30.6 Å². The SMILES string of the molecule is O=C(NCCCCn1ccccc1=O)c1cc2c(s1)CCCCC2. The summed E-state index contributed by atoms with van der Waals surface area (Å²) < 4.78 is 1.71. The van der Waals surface area contributed by atoms with Gasteiger partial charge in [0, 0.05) is 30.2 Å². The van der Waals surface area contributed by atoms with Gasteiger partial charge in [0.25, 0.3) is 5.91 Å². The average Bonchev–Trinajstić information content (AvgIpc) is 2.87. The molecule has 1 amide bonds. The molecule has 1 aliphatic rings. The lowest BCUT2D eigenvalue weighted by molar-refractivity contribution is 0.0957. The summed E-state index contributed by atoms with van der Waals surface area (Å²) >= 11 is 1.66. The lowest BCUT2D eigenvalue weighted by Crippen LogP contribution is -2.24. The van der Waals surface area contributed by atoms with Gasteiger partial charge in [-0.2, -0.15) is 0 Å². The molecule has 0 saturated heterocycles. The van der Waals surface area contributed by atoms with Crippen molar-refractivity contribution in [2.24, 2.45) is 0 Å². The van der Waals surface area contributed by atoms with Crippen LogP contribution in [0.5, 0.6) is 0 Å². The van der Waals surface area contributed by atoms with Crippen LogP contribution in [0.4, 0.5) is 0 Å². The minimum absolute atomic E-state index is 0.0293. The molecule has 3 rings (SSSR count). The number of thiophene rings is 1. The van der Waals surface area contributed by atoms with Gasteiger partial charge in [0.1, 0.15) is 0 Å². The fourth-order valence-electron chi connectivity index (χ4n) is 3.12. The van der Waals surface area contributed by atoms with Crippen molar-refractivity contribution in [2.75, 3.05) is 6.54 Å². The molecule has 0 saturated carbocycles. The van der Waals surface area contributed by atoms with Crippen LogP contribution < -0.4 is 10.9 Å². The van der Waals surface area contributed by atoms with E-state index in [1.54, 1.807) is 34.2 Å². The van der Waals surface area contributed by atoms with Gasteiger partial charge < -0.3 is 9.88 Å². The third-order valence-corrected chi connectivity index (χ3v) is 5.72. The summed E-state index contributed by atoms with van der Waals surface area (Å²) in [6.07, 6.45) is 9.58. The van der Waals surface area contributed by atoms with E-state index in [9.17, 15) is 9.59 Å². The van der Waals surface area contributed by atoms with E-state index in [1.165, 1.54) is 29.7 Å². The van der Waals surface area contributed by atoms with Gasteiger partial charge in [-0.05, 0) is 56.2 Å². The Balaban J connectivity index is 1.43. The first kappa shape index (κ1) is 17.0.